The first-order valence-electron chi connectivity index (χ1n) is 13.0. The molecule has 1 unspecified atom stereocenters. The van der Waals surface area contributed by atoms with E-state index in [9.17, 15) is 4.79 Å². The Morgan fingerprint density at radius 1 is 0.914 bits per heavy atom. The number of carbonyl (C=O) groups excluding carboxylic acids is 1. The quantitative estimate of drug-likeness (QED) is 0.328. The number of fused-ring (bicyclic) bond motifs is 2. The molecule has 4 heteroatoms. The topological polar surface area (TPSA) is 46.1 Å². The summed E-state index contributed by atoms with van der Waals surface area (Å²) < 4.78 is 0. The second-order valence-electron chi connectivity index (χ2n) is 10.00. The Hall–Kier alpha value is -3.53. The zero-order valence-corrected chi connectivity index (χ0v) is 20.1. The molecule has 0 N–H and O–H groups in total. The van der Waals surface area contributed by atoms with E-state index in [1.807, 2.05) is 48.5 Å². The first kappa shape index (κ1) is 22.0. The van der Waals surface area contributed by atoms with Crippen molar-refractivity contribution in [1.29, 1.82) is 0 Å². The Morgan fingerprint density at radius 2 is 1.71 bits per heavy atom. The van der Waals surface area contributed by atoms with Crippen molar-refractivity contribution in [2.24, 2.45) is 5.92 Å². The van der Waals surface area contributed by atoms with Crippen LogP contribution in [0.25, 0.3) is 22.3 Å². The van der Waals surface area contributed by atoms with Gasteiger partial charge in [-0.1, -0.05) is 86.7 Å². The molecule has 176 valence electrons. The van der Waals surface area contributed by atoms with Crippen LogP contribution in [-0.4, -0.2) is 27.3 Å². The van der Waals surface area contributed by atoms with E-state index in [0.29, 0.717) is 17.1 Å². The second kappa shape index (κ2) is 9.61. The summed E-state index contributed by atoms with van der Waals surface area (Å²) in [4.78, 5) is 25.8. The number of nitrogens with zero attached hydrogens (tertiary/aromatic N) is 3. The fraction of sp³-hybridized carbons (Fsp3) is 0.323. The Bertz CT molecular complexity index is 1340. The molecule has 1 atom stereocenters. The van der Waals surface area contributed by atoms with E-state index in [4.69, 9.17) is 4.98 Å². The van der Waals surface area contributed by atoms with Gasteiger partial charge in [0, 0.05) is 23.7 Å². The van der Waals surface area contributed by atoms with E-state index in [1.165, 1.54) is 43.2 Å². The Kier molecular flexibility index (Phi) is 6.03. The van der Waals surface area contributed by atoms with E-state index in [2.05, 4.69) is 34.1 Å². The average Bonchev–Trinajstić information content (AvgIpc) is 2.93. The van der Waals surface area contributed by atoms with Gasteiger partial charge in [-0.2, -0.15) is 0 Å². The molecule has 1 amide bonds. The first-order chi connectivity index (χ1) is 17.3. The van der Waals surface area contributed by atoms with Gasteiger partial charge in [0.25, 0.3) is 5.91 Å². The van der Waals surface area contributed by atoms with Gasteiger partial charge in [0.2, 0.25) is 0 Å². The fourth-order valence-corrected chi connectivity index (χ4v) is 6.03. The van der Waals surface area contributed by atoms with Crippen LogP contribution in [-0.2, 0) is 6.42 Å². The molecule has 2 aliphatic rings. The van der Waals surface area contributed by atoms with Gasteiger partial charge in [0.05, 0.1) is 17.3 Å². The van der Waals surface area contributed by atoms with Gasteiger partial charge in [-0.25, -0.2) is 9.97 Å². The highest BCUT2D eigenvalue weighted by Crippen LogP contribution is 2.40. The third-order valence-corrected chi connectivity index (χ3v) is 7.84. The molecule has 35 heavy (non-hydrogen) atoms. The molecular formula is C31H31N3O. The standard InChI is InChI=1S/C31H31N3O/c35-31(27-21-28(24-13-5-2-6-14-24)33-30-26(27)16-9-18-32-30)34-19-17-23-12-7-8-15-25(23)29(34)20-22-10-3-1-4-11-22/h2,5-9,12-16,18,21-22,29H,1,3-4,10-11,17,19-20H2. The van der Waals surface area contributed by atoms with E-state index < -0.39 is 0 Å². The second-order valence-corrected chi connectivity index (χ2v) is 10.00. The van der Waals surface area contributed by atoms with Crippen LogP contribution in [0.2, 0.25) is 0 Å². The van der Waals surface area contributed by atoms with Crippen molar-refractivity contribution >= 4 is 16.9 Å². The van der Waals surface area contributed by atoms with E-state index in [1.54, 1.807) is 6.20 Å². The highest BCUT2D eigenvalue weighted by atomic mass is 16.2. The summed E-state index contributed by atoms with van der Waals surface area (Å²) in [5.41, 5.74) is 5.84. The number of carbonyl (C=O) groups is 1. The Morgan fingerprint density at radius 3 is 2.57 bits per heavy atom. The summed E-state index contributed by atoms with van der Waals surface area (Å²) in [5, 5.41) is 0.826. The van der Waals surface area contributed by atoms with Gasteiger partial charge >= 0.3 is 0 Å². The minimum atomic E-state index is 0.0953. The number of hydrogen-bond acceptors (Lipinski definition) is 3. The third kappa shape index (κ3) is 4.34. The van der Waals surface area contributed by atoms with Gasteiger partial charge in [-0.15, -0.1) is 0 Å². The van der Waals surface area contributed by atoms with E-state index in [0.717, 1.165) is 36.0 Å². The van der Waals surface area contributed by atoms with Crippen molar-refractivity contribution in [2.75, 3.05) is 6.54 Å². The van der Waals surface area contributed by atoms with E-state index >= 15 is 0 Å². The molecule has 1 aliphatic carbocycles. The lowest BCUT2D eigenvalue weighted by Gasteiger charge is -2.40. The lowest BCUT2D eigenvalue weighted by Crippen LogP contribution is -2.41. The summed E-state index contributed by atoms with van der Waals surface area (Å²) in [5.74, 6) is 0.781. The van der Waals surface area contributed by atoms with Crippen molar-refractivity contribution in [3.05, 3.63) is 95.7 Å². The van der Waals surface area contributed by atoms with Crippen LogP contribution in [0.5, 0.6) is 0 Å². The third-order valence-electron chi connectivity index (χ3n) is 7.84. The predicted molar refractivity (Wildman–Crippen MR) is 140 cm³/mol. The van der Waals surface area contributed by atoms with Gasteiger partial charge in [0.15, 0.2) is 5.65 Å². The molecule has 0 radical (unpaired) electrons. The average molecular weight is 462 g/mol. The summed E-state index contributed by atoms with van der Waals surface area (Å²) in [6.07, 6.45) is 10.2. The Balaban J connectivity index is 1.43. The molecular weight excluding hydrogens is 430 g/mol. The largest absolute Gasteiger partial charge is 0.331 e. The van der Waals surface area contributed by atoms with Gasteiger partial charge in [0.1, 0.15) is 0 Å². The fourth-order valence-electron chi connectivity index (χ4n) is 6.03. The van der Waals surface area contributed by atoms with Crippen LogP contribution in [0.1, 0.15) is 66.1 Å². The maximum Gasteiger partial charge on any atom is 0.255 e. The van der Waals surface area contributed by atoms with Crippen molar-refractivity contribution in [3.63, 3.8) is 0 Å². The number of benzene rings is 2. The number of rotatable bonds is 4. The molecule has 6 rings (SSSR count). The molecule has 3 heterocycles. The first-order valence-corrected chi connectivity index (χ1v) is 13.0. The van der Waals surface area contributed by atoms with Crippen molar-refractivity contribution < 1.29 is 4.79 Å². The smallest absolute Gasteiger partial charge is 0.255 e. The van der Waals surface area contributed by atoms with Crippen molar-refractivity contribution in [1.82, 2.24) is 14.9 Å². The normalized spacial score (nSPS) is 18.4. The molecule has 0 spiro atoms. The van der Waals surface area contributed by atoms with Crippen LogP contribution >= 0.6 is 0 Å². The lowest BCUT2D eigenvalue weighted by molar-refractivity contribution is 0.0622. The SMILES string of the molecule is O=C(c1cc(-c2ccccc2)nc2ncccc12)N1CCc2ccccc2C1CC1CCCCC1. The highest BCUT2D eigenvalue weighted by Gasteiger charge is 2.34. The van der Waals surface area contributed by atoms with Crippen LogP contribution in [0.15, 0.2) is 79.0 Å². The number of amides is 1. The molecule has 0 saturated heterocycles. The van der Waals surface area contributed by atoms with Crippen LogP contribution < -0.4 is 0 Å². The zero-order chi connectivity index (χ0) is 23.6. The molecule has 1 fully saturated rings. The van der Waals surface area contributed by atoms with Crippen LogP contribution in [0.3, 0.4) is 0 Å². The molecule has 1 aliphatic heterocycles. The number of pyridine rings is 2. The monoisotopic (exact) mass is 461 g/mol. The summed E-state index contributed by atoms with van der Waals surface area (Å²) in [6.45, 7) is 0.748. The maximum atomic E-state index is 14.3. The molecule has 4 nitrogen and oxygen atoms in total. The lowest BCUT2D eigenvalue weighted by atomic mass is 9.80. The molecule has 2 aromatic carbocycles. The van der Waals surface area contributed by atoms with Crippen LogP contribution in [0, 0.1) is 5.92 Å². The van der Waals surface area contributed by atoms with E-state index in [-0.39, 0.29) is 11.9 Å². The molecule has 4 aromatic rings. The molecule has 0 bridgehead atoms. The minimum absolute atomic E-state index is 0.0953. The number of hydrogen-bond donors (Lipinski definition) is 0. The van der Waals surface area contributed by atoms with Gasteiger partial charge < -0.3 is 4.90 Å². The van der Waals surface area contributed by atoms with Gasteiger partial charge in [-0.3, -0.25) is 4.79 Å². The maximum absolute atomic E-state index is 14.3. The zero-order valence-electron chi connectivity index (χ0n) is 20.1. The van der Waals surface area contributed by atoms with Gasteiger partial charge in [-0.05, 0) is 48.1 Å². The predicted octanol–water partition coefficient (Wildman–Crippen LogP) is 7.01. The minimum Gasteiger partial charge on any atom is -0.331 e. The molecule has 2 aromatic heterocycles. The van der Waals surface area contributed by atoms with Crippen LogP contribution in [0.4, 0.5) is 0 Å². The Labute approximate surface area is 207 Å². The summed E-state index contributed by atoms with van der Waals surface area (Å²) in [7, 11) is 0. The number of aromatic nitrogens is 2. The summed E-state index contributed by atoms with van der Waals surface area (Å²) >= 11 is 0. The highest BCUT2D eigenvalue weighted by molar-refractivity contribution is 6.06. The molecule has 1 saturated carbocycles. The van der Waals surface area contributed by atoms with Crippen molar-refractivity contribution in [3.8, 4) is 11.3 Å². The van der Waals surface area contributed by atoms with Crippen molar-refractivity contribution in [2.45, 2.75) is 51.0 Å². The summed E-state index contributed by atoms with van der Waals surface area (Å²) in [6, 6.07) is 24.8.